The van der Waals surface area contributed by atoms with Gasteiger partial charge in [-0.2, -0.15) is 0 Å². The highest BCUT2D eigenvalue weighted by Gasteiger charge is 2.13. The van der Waals surface area contributed by atoms with Crippen molar-refractivity contribution in [2.45, 2.75) is 19.9 Å². The summed E-state index contributed by atoms with van der Waals surface area (Å²) in [4.78, 5) is 12.4. The number of nitrogens with one attached hydrogen (secondary N) is 2. The molecule has 21 heavy (non-hydrogen) atoms. The van der Waals surface area contributed by atoms with Gasteiger partial charge in [0.25, 0.3) is 5.91 Å². The molecule has 1 amide bonds. The van der Waals surface area contributed by atoms with Crippen molar-refractivity contribution in [1.29, 1.82) is 0 Å². The SMILES string of the molecule is CC(C)Nc1ccccc1C(=O)Nc1ccc(Br)cc1Cl. The average molecular weight is 368 g/mol. The predicted molar refractivity (Wildman–Crippen MR) is 92.3 cm³/mol. The number of anilines is 2. The van der Waals surface area contributed by atoms with Crippen LogP contribution in [0.25, 0.3) is 0 Å². The maximum absolute atomic E-state index is 12.4. The normalized spacial score (nSPS) is 10.5. The van der Waals surface area contributed by atoms with Gasteiger partial charge in [0.1, 0.15) is 0 Å². The lowest BCUT2D eigenvalue weighted by Gasteiger charge is -2.15. The first-order valence-corrected chi connectivity index (χ1v) is 7.76. The number of amides is 1. The van der Waals surface area contributed by atoms with E-state index in [4.69, 9.17) is 11.6 Å². The number of hydrogen-bond donors (Lipinski definition) is 2. The van der Waals surface area contributed by atoms with Crippen LogP contribution in [0.2, 0.25) is 5.02 Å². The molecule has 0 saturated carbocycles. The van der Waals surface area contributed by atoms with Crippen molar-refractivity contribution >= 4 is 44.8 Å². The van der Waals surface area contributed by atoms with E-state index in [-0.39, 0.29) is 11.9 Å². The summed E-state index contributed by atoms with van der Waals surface area (Å²) >= 11 is 9.46. The summed E-state index contributed by atoms with van der Waals surface area (Å²) < 4.78 is 0.868. The van der Waals surface area contributed by atoms with Gasteiger partial charge in [-0.05, 0) is 44.2 Å². The average Bonchev–Trinajstić information content (AvgIpc) is 2.42. The van der Waals surface area contributed by atoms with Gasteiger partial charge in [-0.1, -0.05) is 39.7 Å². The van der Waals surface area contributed by atoms with Crippen LogP contribution in [-0.2, 0) is 0 Å². The topological polar surface area (TPSA) is 41.1 Å². The van der Waals surface area contributed by atoms with Crippen molar-refractivity contribution in [2.24, 2.45) is 0 Å². The summed E-state index contributed by atoms with van der Waals surface area (Å²) in [6, 6.07) is 13.0. The van der Waals surface area contributed by atoms with Crippen molar-refractivity contribution in [2.75, 3.05) is 10.6 Å². The third-order valence-corrected chi connectivity index (χ3v) is 3.60. The van der Waals surface area contributed by atoms with Gasteiger partial charge in [-0.25, -0.2) is 0 Å². The van der Waals surface area contributed by atoms with E-state index in [0.717, 1.165) is 10.2 Å². The first kappa shape index (κ1) is 15.9. The summed E-state index contributed by atoms with van der Waals surface area (Å²) in [6.45, 7) is 4.06. The van der Waals surface area contributed by atoms with Crippen LogP contribution in [0.1, 0.15) is 24.2 Å². The van der Waals surface area contributed by atoms with Crippen molar-refractivity contribution < 1.29 is 4.79 Å². The summed E-state index contributed by atoms with van der Waals surface area (Å²) in [5.41, 5.74) is 1.98. The molecule has 0 aliphatic rings. The van der Waals surface area contributed by atoms with Gasteiger partial charge in [0.15, 0.2) is 0 Å². The highest BCUT2D eigenvalue weighted by atomic mass is 79.9. The molecule has 0 fully saturated rings. The molecule has 0 heterocycles. The third kappa shape index (κ3) is 4.22. The lowest BCUT2D eigenvalue weighted by molar-refractivity contribution is 0.102. The lowest BCUT2D eigenvalue weighted by Crippen LogP contribution is -2.17. The number of benzene rings is 2. The number of rotatable bonds is 4. The number of carbonyl (C=O) groups is 1. The Bertz CT molecular complexity index is 658. The van der Waals surface area contributed by atoms with E-state index in [1.165, 1.54) is 0 Å². The molecule has 2 N–H and O–H groups in total. The van der Waals surface area contributed by atoms with Crippen LogP contribution in [0.5, 0.6) is 0 Å². The lowest BCUT2D eigenvalue weighted by atomic mass is 10.1. The number of para-hydroxylation sites is 1. The fourth-order valence-electron chi connectivity index (χ4n) is 1.90. The molecule has 5 heteroatoms. The summed E-state index contributed by atoms with van der Waals surface area (Å²) in [5, 5.41) is 6.59. The zero-order valence-electron chi connectivity index (χ0n) is 11.8. The molecule has 0 aliphatic heterocycles. The largest absolute Gasteiger partial charge is 0.382 e. The highest BCUT2D eigenvalue weighted by molar-refractivity contribution is 9.10. The Labute approximate surface area is 137 Å². The van der Waals surface area contributed by atoms with Crippen LogP contribution in [-0.4, -0.2) is 11.9 Å². The summed E-state index contributed by atoms with van der Waals surface area (Å²) in [7, 11) is 0. The van der Waals surface area contributed by atoms with Crippen molar-refractivity contribution in [3.8, 4) is 0 Å². The van der Waals surface area contributed by atoms with Crippen molar-refractivity contribution in [3.63, 3.8) is 0 Å². The molecule has 3 nitrogen and oxygen atoms in total. The second-order valence-electron chi connectivity index (χ2n) is 4.92. The predicted octanol–water partition coefficient (Wildman–Crippen LogP) is 5.18. The van der Waals surface area contributed by atoms with Crippen LogP contribution in [0.4, 0.5) is 11.4 Å². The van der Waals surface area contributed by atoms with E-state index >= 15 is 0 Å². The van der Waals surface area contributed by atoms with Gasteiger partial charge in [0, 0.05) is 16.2 Å². The van der Waals surface area contributed by atoms with E-state index in [1.54, 1.807) is 18.2 Å². The summed E-state index contributed by atoms with van der Waals surface area (Å²) in [5.74, 6) is -0.192. The van der Waals surface area contributed by atoms with Crippen LogP contribution in [0.3, 0.4) is 0 Å². The third-order valence-electron chi connectivity index (χ3n) is 2.80. The highest BCUT2D eigenvalue weighted by Crippen LogP contribution is 2.27. The first-order valence-electron chi connectivity index (χ1n) is 6.59. The second-order valence-corrected chi connectivity index (χ2v) is 6.25. The fourth-order valence-corrected chi connectivity index (χ4v) is 2.62. The van der Waals surface area contributed by atoms with Crippen LogP contribution in [0.15, 0.2) is 46.9 Å². The molecule has 110 valence electrons. The maximum atomic E-state index is 12.4. The number of halogens is 2. The van der Waals surface area contributed by atoms with Gasteiger partial charge in [0.05, 0.1) is 16.3 Å². The maximum Gasteiger partial charge on any atom is 0.257 e. The second kappa shape index (κ2) is 6.96. The van der Waals surface area contributed by atoms with Gasteiger partial charge in [-0.3, -0.25) is 4.79 Å². The Morgan fingerprint density at radius 2 is 1.86 bits per heavy atom. The molecular weight excluding hydrogens is 352 g/mol. The molecule has 0 aromatic heterocycles. The van der Waals surface area contributed by atoms with Gasteiger partial charge in [0.2, 0.25) is 0 Å². The molecule has 2 aromatic rings. The van der Waals surface area contributed by atoms with E-state index < -0.39 is 0 Å². The minimum Gasteiger partial charge on any atom is -0.382 e. The molecule has 2 rings (SSSR count). The van der Waals surface area contributed by atoms with Gasteiger partial charge < -0.3 is 10.6 Å². The Balaban J connectivity index is 2.24. The molecule has 0 atom stereocenters. The zero-order chi connectivity index (χ0) is 15.4. The molecule has 0 saturated heterocycles. The molecule has 2 aromatic carbocycles. The van der Waals surface area contributed by atoms with E-state index in [1.807, 2.05) is 38.1 Å². The molecular formula is C16H16BrClN2O. The Hall–Kier alpha value is -1.52. The monoisotopic (exact) mass is 366 g/mol. The van der Waals surface area contributed by atoms with Gasteiger partial charge in [-0.15, -0.1) is 0 Å². The minimum atomic E-state index is -0.192. The number of hydrogen-bond acceptors (Lipinski definition) is 2. The quantitative estimate of drug-likeness (QED) is 0.782. The molecule has 0 aliphatic carbocycles. The molecule has 0 radical (unpaired) electrons. The molecule has 0 unspecified atom stereocenters. The van der Waals surface area contributed by atoms with Crippen molar-refractivity contribution in [1.82, 2.24) is 0 Å². The molecule has 0 bridgehead atoms. The number of carbonyl (C=O) groups excluding carboxylic acids is 1. The van der Waals surface area contributed by atoms with Crippen LogP contribution >= 0.6 is 27.5 Å². The first-order chi connectivity index (χ1) is 9.97. The Morgan fingerprint density at radius 1 is 1.14 bits per heavy atom. The minimum absolute atomic E-state index is 0.192. The summed E-state index contributed by atoms with van der Waals surface area (Å²) in [6.07, 6.45) is 0. The van der Waals surface area contributed by atoms with Crippen molar-refractivity contribution in [3.05, 3.63) is 57.5 Å². The van der Waals surface area contributed by atoms with Gasteiger partial charge >= 0.3 is 0 Å². The van der Waals surface area contributed by atoms with Crippen LogP contribution < -0.4 is 10.6 Å². The van der Waals surface area contributed by atoms with E-state index in [2.05, 4.69) is 26.6 Å². The zero-order valence-corrected chi connectivity index (χ0v) is 14.1. The molecule has 0 spiro atoms. The van der Waals surface area contributed by atoms with Crippen LogP contribution in [0, 0.1) is 0 Å². The fraction of sp³-hybridized carbons (Fsp3) is 0.188. The van der Waals surface area contributed by atoms with E-state index in [0.29, 0.717) is 16.3 Å². The Morgan fingerprint density at radius 3 is 2.52 bits per heavy atom. The Kier molecular flexibility index (Phi) is 5.26. The van der Waals surface area contributed by atoms with E-state index in [9.17, 15) is 4.79 Å². The standard InChI is InChI=1S/C16H16BrClN2O/c1-10(2)19-14-6-4-3-5-12(14)16(21)20-15-8-7-11(17)9-13(15)18/h3-10,19H,1-2H3,(H,20,21). The smallest absolute Gasteiger partial charge is 0.257 e.